The molecule has 3 aromatic rings. The number of nitrogens with zero attached hydrogens (tertiary/aromatic N) is 1. The molecule has 5 nitrogen and oxygen atoms in total. The number of benzene rings is 2. The SMILES string of the molecule is O=C(COC(=O)Cc1csc(-c2ccccc2)n1)Nc1c(Cl)cccc1Cl. The summed E-state index contributed by atoms with van der Waals surface area (Å²) in [7, 11) is 0. The first-order valence-corrected chi connectivity index (χ1v) is 9.56. The lowest BCUT2D eigenvalue weighted by atomic mass is 10.2. The van der Waals surface area contributed by atoms with E-state index in [1.54, 1.807) is 23.6 Å². The molecule has 0 fully saturated rings. The van der Waals surface area contributed by atoms with E-state index in [4.69, 9.17) is 27.9 Å². The monoisotopic (exact) mass is 420 g/mol. The van der Waals surface area contributed by atoms with Crippen LogP contribution < -0.4 is 5.32 Å². The van der Waals surface area contributed by atoms with Gasteiger partial charge in [0.15, 0.2) is 6.61 Å². The summed E-state index contributed by atoms with van der Waals surface area (Å²) in [5.74, 6) is -1.07. The highest BCUT2D eigenvalue weighted by Gasteiger charge is 2.14. The molecule has 0 spiro atoms. The smallest absolute Gasteiger partial charge is 0.312 e. The van der Waals surface area contributed by atoms with Crippen LogP contribution >= 0.6 is 34.5 Å². The number of nitrogens with one attached hydrogen (secondary N) is 1. The van der Waals surface area contributed by atoms with E-state index in [-0.39, 0.29) is 12.1 Å². The third-order valence-corrected chi connectivity index (χ3v) is 5.06. The van der Waals surface area contributed by atoms with Crippen LogP contribution in [0.2, 0.25) is 10.0 Å². The Morgan fingerprint density at radius 1 is 1.04 bits per heavy atom. The summed E-state index contributed by atoms with van der Waals surface area (Å²) in [5.41, 5.74) is 1.87. The van der Waals surface area contributed by atoms with Crippen LogP contribution in [0.25, 0.3) is 10.6 Å². The van der Waals surface area contributed by atoms with Crippen molar-refractivity contribution >= 4 is 52.1 Å². The minimum absolute atomic E-state index is 0.0105. The fourth-order valence-corrected chi connectivity index (χ4v) is 3.56. The van der Waals surface area contributed by atoms with Crippen molar-refractivity contribution in [3.8, 4) is 10.6 Å². The highest BCUT2D eigenvalue weighted by molar-refractivity contribution is 7.13. The van der Waals surface area contributed by atoms with Gasteiger partial charge in [0, 0.05) is 10.9 Å². The molecule has 3 rings (SSSR count). The van der Waals surface area contributed by atoms with Crippen molar-refractivity contribution in [2.24, 2.45) is 0 Å². The number of halogens is 2. The van der Waals surface area contributed by atoms with Crippen LogP contribution in [0.15, 0.2) is 53.9 Å². The van der Waals surface area contributed by atoms with Gasteiger partial charge in [-0.1, -0.05) is 59.6 Å². The molecule has 0 saturated carbocycles. The highest BCUT2D eigenvalue weighted by Crippen LogP contribution is 2.29. The van der Waals surface area contributed by atoms with Gasteiger partial charge in [-0.25, -0.2) is 4.98 Å². The first-order valence-electron chi connectivity index (χ1n) is 7.92. The largest absolute Gasteiger partial charge is 0.455 e. The summed E-state index contributed by atoms with van der Waals surface area (Å²) in [6.07, 6.45) is -0.0105. The number of thiazole rings is 1. The van der Waals surface area contributed by atoms with E-state index in [0.717, 1.165) is 10.6 Å². The van der Waals surface area contributed by atoms with Gasteiger partial charge in [0.05, 0.1) is 27.8 Å². The maximum atomic E-state index is 12.0. The molecule has 0 saturated heterocycles. The minimum atomic E-state index is -0.541. The second-order valence-electron chi connectivity index (χ2n) is 5.49. The lowest BCUT2D eigenvalue weighted by molar-refractivity contribution is -0.146. The number of amides is 1. The van der Waals surface area contributed by atoms with Crippen LogP contribution in [0.3, 0.4) is 0 Å². The molecular weight excluding hydrogens is 407 g/mol. The zero-order chi connectivity index (χ0) is 19.2. The van der Waals surface area contributed by atoms with Gasteiger partial charge >= 0.3 is 5.97 Å². The van der Waals surface area contributed by atoms with Crippen LogP contribution in [0, 0.1) is 0 Å². The number of hydrogen-bond acceptors (Lipinski definition) is 5. The molecular formula is C19H14Cl2N2O3S. The first-order chi connectivity index (χ1) is 13.0. The Bertz CT molecular complexity index is 940. The summed E-state index contributed by atoms with van der Waals surface area (Å²) >= 11 is 13.4. The number of esters is 1. The predicted octanol–water partition coefficient (Wildman–Crippen LogP) is 4.84. The van der Waals surface area contributed by atoms with E-state index >= 15 is 0 Å². The predicted molar refractivity (Wildman–Crippen MR) is 107 cm³/mol. The van der Waals surface area contributed by atoms with Crippen LogP contribution in [0.1, 0.15) is 5.69 Å². The standard InChI is InChI=1S/C19H14Cl2N2O3S/c20-14-7-4-8-15(21)18(14)23-16(24)10-26-17(25)9-13-11-27-19(22-13)12-5-2-1-3-6-12/h1-8,11H,9-10H2,(H,23,24). The van der Waals surface area contributed by atoms with Crippen LogP contribution in [-0.2, 0) is 20.7 Å². The summed E-state index contributed by atoms with van der Waals surface area (Å²) in [5, 5.41) is 5.76. The summed E-state index contributed by atoms with van der Waals surface area (Å²) in [6.45, 7) is -0.434. The average Bonchev–Trinajstić information content (AvgIpc) is 3.12. The highest BCUT2D eigenvalue weighted by atomic mass is 35.5. The summed E-state index contributed by atoms with van der Waals surface area (Å²) in [6, 6.07) is 14.5. The van der Waals surface area contributed by atoms with Gasteiger partial charge in [-0.2, -0.15) is 0 Å². The Labute approximate surface area is 169 Å². The maximum absolute atomic E-state index is 12.0. The third-order valence-electron chi connectivity index (χ3n) is 3.49. The molecule has 8 heteroatoms. The molecule has 0 aliphatic rings. The molecule has 1 N–H and O–H groups in total. The molecule has 0 bridgehead atoms. The Hall–Kier alpha value is -2.41. The molecule has 0 radical (unpaired) electrons. The van der Waals surface area contributed by atoms with Crippen molar-refractivity contribution in [3.05, 3.63) is 69.7 Å². The van der Waals surface area contributed by atoms with Crippen molar-refractivity contribution < 1.29 is 14.3 Å². The fourth-order valence-electron chi connectivity index (χ4n) is 2.24. The van der Waals surface area contributed by atoms with Crippen molar-refractivity contribution in [2.75, 3.05) is 11.9 Å². The molecule has 0 unspecified atom stereocenters. The van der Waals surface area contributed by atoms with Crippen molar-refractivity contribution in [1.82, 2.24) is 4.98 Å². The number of hydrogen-bond donors (Lipinski definition) is 1. The fraction of sp³-hybridized carbons (Fsp3) is 0.105. The Kier molecular flexibility index (Phi) is 6.45. The lowest BCUT2D eigenvalue weighted by Crippen LogP contribution is -2.22. The summed E-state index contributed by atoms with van der Waals surface area (Å²) < 4.78 is 5.00. The van der Waals surface area contributed by atoms with Gasteiger partial charge in [-0.05, 0) is 12.1 Å². The number of carbonyl (C=O) groups excluding carboxylic acids is 2. The molecule has 1 amide bonds. The molecule has 1 heterocycles. The molecule has 0 aliphatic carbocycles. The molecule has 138 valence electrons. The second kappa shape index (κ2) is 8.99. The Balaban J connectivity index is 1.51. The van der Waals surface area contributed by atoms with E-state index in [1.165, 1.54) is 11.3 Å². The third kappa shape index (κ3) is 5.29. The van der Waals surface area contributed by atoms with E-state index in [2.05, 4.69) is 10.3 Å². The quantitative estimate of drug-likeness (QED) is 0.579. The zero-order valence-corrected chi connectivity index (χ0v) is 16.3. The van der Waals surface area contributed by atoms with E-state index in [0.29, 0.717) is 15.7 Å². The number of carbonyl (C=O) groups is 2. The van der Waals surface area contributed by atoms with Crippen LogP contribution in [0.5, 0.6) is 0 Å². The summed E-state index contributed by atoms with van der Waals surface area (Å²) in [4.78, 5) is 28.3. The second-order valence-corrected chi connectivity index (χ2v) is 7.16. The van der Waals surface area contributed by atoms with Crippen molar-refractivity contribution in [1.29, 1.82) is 0 Å². The zero-order valence-electron chi connectivity index (χ0n) is 13.9. The minimum Gasteiger partial charge on any atom is -0.455 e. The normalized spacial score (nSPS) is 10.4. The number of rotatable bonds is 6. The Morgan fingerprint density at radius 3 is 2.44 bits per heavy atom. The topological polar surface area (TPSA) is 68.3 Å². The maximum Gasteiger partial charge on any atom is 0.312 e. The molecule has 1 aromatic heterocycles. The molecule has 27 heavy (non-hydrogen) atoms. The number of ether oxygens (including phenoxy) is 1. The van der Waals surface area contributed by atoms with Gasteiger partial charge in [-0.15, -0.1) is 11.3 Å². The van der Waals surface area contributed by atoms with E-state index in [9.17, 15) is 9.59 Å². The van der Waals surface area contributed by atoms with Crippen LogP contribution in [-0.4, -0.2) is 23.5 Å². The molecule has 0 aliphatic heterocycles. The van der Waals surface area contributed by atoms with Gasteiger partial charge in [-0.3, -0.25) is 9.59 Å². The first kappa shape index (κ1) is 19.4. The van der Waals surface area contributed by atoms with Gasteiger partial charge in [0.2, 0.25) is 0 Å². The lowest BCUT2D eigenvalue weighted by Gasteiger charge is -2.09. The number of anilines is 1. The average molecular weight is 421 g/mol. The van der Waals surface area contributed by atoms with E-state index in [1.807, 2.05) is 30.3 Å². The van der Waals surface area contributed by atoms with Crippen LogP contribution in [0.4, 0.5) is 5.69 Å². The van der Waals surface area contributed by atoms with Gasteiger partial charge < -0.3 is 10.1 Å². The van der Waals surface area contributed by atoms with E-state index < -0.39 is 18.5 Å². The van der Waals surface area contributed by atoms with Gasteiger partial charge in [0.1, 0.15) is 5.01 Å². The van der Waals surface area contributed by atoms with Crippen molar-refractivity contribution in [2.45, 2.75) is 6.42 Å². The molecule has 0 atom stereocenters. The number of para-hydroxylation sites is 1. The Morgan fingerprint density at radius 2 is 1.74 bits per heavy atom. The molecule has 2 aromatic carbocycles. The number of aromatic nitrogens is 1. The van der Waals surface area contributed by atoms with Crippen molar-refractivity contribution in [3.63, 3.8) is 0 Å². The van der Waals surface area contributed by atoms with Gasteiger partial charge in [0.25, 0.3) is 5.91 Å².